The molecule has 1 aliphatic heterocycles. The minimum absolute atomic E-state index is 0.0987. The van der Waals surface area contributed by atoms with Crippen LogP contribution in [0.25, 0.3) is 22.3 Å². The molecule has 188 valence electrons. The minimum atomic E-state index is -0.574. The van der Waals surface area contributed by atoms with Crippen LogP contribution in [0.15, 0.2) is 35.4 Å². The van der Waals surface area contributed by atoms with E-state index in [1.807, 2.05) is 18.1 Å². The topological polar surface area (TPSA) is 85.0 Å². The van der Waals surface area contributed by atoms with Gasteiger partial charge in [0.05, 0.1) is 12.2 Å². The molecular formula is C24H25ClF2N8O. The number of aryl methyl sites for hydroxylation is 2. The highest BCUT2D eigenvalue weighted by Crippen LogP contribution is 2.32. The monoisotopic (exact) mass is 514 g/mol. The SMILES string of the molecule is Cc1nc2c(-c3ccc(Cl)cc3F)nc(N3CCN(CCF)[C@H](c4cnn(C)c4)C3)nc2c(=O)n1C. The van der Waals surface area contributed by atoms with E-state index in [1.54, 1.807) is 30.9 Å². The zero-order valence-corrected chi connectivity index (χ0v) is 20.9. The van der Waals surface area contributed by atoms with Gasteiger partial charge >= 0.3 is 0 Å². The lowest BCUT2D eigenvalue weighted by Crippen LogP contribution is -2.49. The molecule has 12 heteroatoms. The van der Waals surface area contributed by atoms with Crippen molar-refractivity contribution in [1.82, 2.24) is 34.2 Å². The molecule has 5 rings (SSSR count). The van der Waals surface area contributed by atoms with E-state index in [-0.39, 0.29) is 51.4 Å². The Morgan fingerprint density at radius 1 is 1.14 bits per heavy atom. The van der Waals surface area contributed by atoms with E-state index in [0.717, 1.165) is 5.56 Å². The number of halogens is 3. The fourth-order valence-corrected chi connectivity index (χ4v) is 4.72. The van der Waals surface area contributed by atoms with Crippen molar-refractivity contribution >= 4 is 28.6 Å². The van der Waals surface area contributed by atoms with Gasteiger partial charge in [-0.3, -0.25) is 18.9 Å². The van der Waals surface area contributed by atoms with Crippen molar-refractivity contribution in [2.24, 2.45) is 14.1 Å². The molecular weight excluding hydrogens is 490 g/mol. The summed E-state index contributed by atoms with van der Waals surface area (Å²) < 4.78 is 31.4. The van der Waals surface area contributed by atoms with Gasteiger partial charge in [-0.25, -0.2) is 23.7 Å². The lowest BCUT2D eigenvalue weighted by molar-refractivity contribution is 0.163. The van der Waals surface area contributed by atoms with Gasteiger partial charge in [-0.15, -0.1) is 0 Å². The third-order valence-corrected chi connectivity index (χ3v) is 6.82. The molecule has 1 aliphatic rings. The second-order valence-electron chi connectivity index (χ2n) is 8.85. The molecule has 0 saturated carbocycles. The lowest BCUT2D eigenvalue weighted by Gasteiger charge is -2.40. The maximum Gasteiger partial charge on any atom is 0.279 e. The van der Waals surface area contributed by atoms with E-state index in [4.69, 9.17) is 16.6 Å². The van der Waals surface area contributed by atoms with E-state index >= 15 is 4.39 Å². The Kier molecular flexibility index (Phi) is 6.44. The molecule has 0 radical (unpaired) electrons. The molecule has 0 spiro atoms. The number of piperazine rings is 1. The van der Waals surface area contributed by atoms with Gasteiger partial charge < -0.3 is 4.90 Å². The van der Waals surface area contributed by atoms with Crippen LogP contribution in [-0.2, 0) is 14.1 Å². The van der Waals surface area contributed by atoms with E-state index in [2.05, 4.69) is 20.0 Å². The minimum Gasteiger partial charge on any atom is -0.338 e. The van der Waals surface area contributed by atoms with E-state index in [9.17, 15) is 9.18 Å². The van der Waals surface area contributed by atoms with Crippen molar-refractivity contribution < 1.29 is 8.78 Å². The molecule has 4 heterocycles. The first-order chi connectivity index (χ1) is 17.3. The zero-order valence-electron chi connectivity index (χ0n) is 20.1. The first kappa shape index (κ1) is 24.3. The smallest absolute Gasteiger partial charge is 0.279 e. The number of anilines is 1. The van der Waals surface area contributed by atoms with E-state index in [1.165, 1.54) is 16.7 Å². The van der Waals surface area contributed by atoms with Crippen LogP contribution in [0.5, 0.6) is 0 Å². The number of nitrogens with zero attached hydrogens (tertiary/aromatic N) is 8. The van der Waals surface area contributed by atoms with Crippen LogP contribution >= 0.6 is 11.6 Å². The molecule has 1 saturated heterocycles. The van der Waals surface area contributed by atoms with Gasteiger partial charge in [-0.1, -0.05) is 11.6 Å². The summed E-state index contributed by atoms with van der Waals surface area (Å²) in [6.45, 7) is 3.02. The molecule has 9 nitrogen and oxygen atoms in total. The predicted molar refractivity (Wildman–Crippen MR) is 133 cm³/mol. The van der Waals surface area contributed by atoms with Gasteiger partial charge in [0.2, 0.25) is 5.95 Å². The van der Waals surface area contributed by atoms with Crippen LogP contribution in [-0.4, -0.2) is 67.1 Å². The zero-order chi connectivity index (χ0) is 25.6. The molecule has 36 heavy (non-hydrogen) atoms. The fraction of sp³-hybridized carbons (Fsp3) is 0.375. The summed E-state index contributed by atoms with van der Waals surface area (Å²) >= 11 is 5.97. The molecule has 4 aromatic rings. The van der Waals surface area contributed by atoms with Gasteiger partial charge in [0.25, 0.3) is 5.56 Å². The summed E-state index contributed by atoms with van der Waals surface area (Å²) in [5.41, 5.74) is 1.30. The molecule has 1 fully saturated rings. The van der Waals surface area contributed by atoms with E-state index in [0.29, 0.717) is 25.5 Å². The van der Waals surface area contributed by atoms with Crippen molar-refractivity contribution in [3.8, 4) is 11.3 Å². The second-order valence-corrected chi connectivity index (χ2v) is 9.29. The highest BCUT2D eigenvalue weighted by Gasteiger charge is 2.31. The summed E-state index contributed by atoms with van der Waals surface area (Å²) in [6, 6.07) is 4.13. The Hall–Kier alpha value is -3.44. The van der Waals surface area contributed by atoms with Crippen LogP contribution in [0.3, 0.4) is 0 Å². The normalized spacial score (nSPS) is 16.7. The summed E-state index contributed by atoms with van der Waals surface area (Å²) in [5.74, 6) is 0.161. The number of alkyl halides is 1. The van der Waals surface area contributed by atoms with Crippen molar-refractivity contribution in [3.05, 3.63) is 63.2 Å². The summed E-state index contributed by atoms with van der Waals surface area (Å²) in [5, 5.41) is 4.52. The maximum absolute atomic E-state index is 15.0. The highest BCUT2D eigenvalue weighted by atomic mass is 35.5. The van der Waals surface area contributed by atoms with Crippen molar-refractivity contribution in [2.45, 2.75) is 13.0 Å². The van der Waals surface area contributed by atoms with Gasteiger partial charge in [0, 0.05) is 62.6 Å². The molecule has 0 unspecified atom stereocenters. The van der Waals surface area contributed by atoms with Crippen LogP contribution in [0.1, 0.15) is 17.4 Å². The summed E-state index contributed by atoms with van der Waals surface area (Å²) in [6.07, 6.45) is 3.66. The number of hydrogen-bond donors (Lipinski definition) is 0. The number of fused-ring (bicyclic) bond motifs is 1. The fourth-order valence-electron chi connectivity index (χ4n) is 4.56. The number of rotatable bonds is 5. The standard InChI is InChI=1S/C24H25ClF2N8O/c1-14-29-21-20(17-5-4-16(25)10-18(17)27)30-24(31-22(21)23(36)33(14)3)35-9-8-34(7-6-26)19(13-35)15-11-28-32(2)12-15/h4-5,10-12,19H,6-9,13H2,1-3H3/t19-/m0/s1. The quantitative estimate of drug-likeness (QED) is 0.404. The average Bonchev–Trinajstić information content (AvgIpc) is 3.29. The van der Waals surface area contributed by atoms with Crippen molar-refractivity contribution in [3.63, 3.8) is 0 Å². The number of hydrogen-bond acceptors (Lipinski definition) is 7. The maximum atomic E-state index is 15.0. The number of aromatic nitrogens is 6. The Morgan fingerprint density at radius 3 is 2.64 bits per heavy atom. The van der Waals surface area contributed by atoms with Crippen molar-refractivity contribution in [2.75, 3.05) is 37.8 Å². The number of benzene rings is 1. The largest absolute Gasteiger partial charge is 0.338 e. The van der Waals surface area contributed by atoms with Gasteiger partial charge in [0.1, 0.15) is 29.5 Å². The van der Waals surface area contributed by atoms with E-state index < -0.39 is 12.5 Å². The van der Waals surface area contributed by atoms with Crippen molar-refractivity contribution in [1.29, 1.82) is 0 Å². The second kappa shape index (κ2) is 9.55. The molecule has 0 amide bonds. The Morgan fingerprint density at radius 2 is 1.94 bits per heavy atom. The molecule has 0 aliphatic carbocycles. The Bertz CT molecular complexity index is 1500. The molecule has 1 aromatic carbocycles. The molecule has 3 aromatic heterocycles. The van der Waals surface area contributed by atoms with Crippen LogP contribution in [0, 0.1) is 12.7 Å². The first-order valence-corrected chi connectivity index (χ1v) is 11.9. The van der Waals surface area contributed by atoms with Crippen LogP contribution in [0.4, 0.5) is 14.7 Å². The van der Waals surface area contributed by atoms with Gasteiger partial charge in [0.15, 0.2) is 5.52 Å². The third-order valence-electron chi connectivity index (χ3n) is 6.58. The van der Waals surface area contributed by atoms with Crippen LogP contribution in [0.2, 0.25) is 5.02 Å². The predicted octanol–water partition coefficient (Wildman–Crippen LogP) is 3.06. The Balaban J connectivity index is 1.66. The van der Waals surface area contributed by atoms with Gasteiger partial charge in [-0.05, 0) is 25.1 Å². The summed E-state index contributed by atoms with van der Waals surface area (Å²) in [4.78, 5) is 31.0. The van der Waals surface area contributed by atoms with Crippen LogP contribution < -0.4 is 10.5 Å². The van der Waals surface area contributed by atoms with Gasteiger partial charge in [-0.2, -0.15) is 5.10 Å². The highest BCUT2D eigenvalue weighted by molar-refractivity contribution is 6.30. The third kappa shape index (κ3) is 4.33. The average molecular weight is 515 g/mol. The molecule has 0 N–H and O–H groups in total. The summed E-state index contributed by atoms with van der Waals surface area (Å²) in [7, 11) is 3.44. The molecule has 0 bridgehead atoms. The molecule has 1 atom stereocenters. The first-order valence-electron chi connectivity index (χ1n) is 11.5. The lowest BCUT2D eigenvalue weighted by atomic mass is 10.1. The Labute approximate surface area is 211 Å².